The third-order valence-electron chi connectivity index (χ3n) is 4.24. The molecular formula is C19H19Cl2FN2O. The van der Waals surface area contributed by atoms with Crippen molar-refractivity contribution in [3.05, 3.63) is 69.5 Å². The van der Waals surface area contributed by atoms with Gasteiger partial charge in [-0.2, -0.15) is 0 Å². The zero-order valence-electron chi connectivity index (χ0n) is 13.7. The van der Waals surface area contributed by atoms with Crippen molar-refractivity contribution in [3.8, 4) is 0 Å². The van der Waals surface area contributed by atoms with E-state index >= 15 is 0 Å². The number of carbonyl (C=O) groups excluding carboxylic acids is 1. The van der Waals surface area contributed by atoms with E-state index in [9.17, 15) is 9.18 Å². The van der Waals surface area contributed by atoms with Crippen molar-refractivity contribution in [2.24, 2.45) is 0 Å². The highest BCUT2D eigenvalue weighted by Crippen LogP contribution is 2.30. The summed E-state index contributed by atoms with van der Waals surface area (Å²) in [5.74, 6) is -0.625. The minimum atomic E-state index is -0.549. The van der Waals surface area contributed by atoms with Crippen molar-refractivity contribution in [1.82, 2.24) is 10.6 Å². The van der Waals surface area contributed by atoms with E-state index in [-0.39, 0.29) is 23.0 Å². The van der Waals surface area contributed by atoms with Crippen LogP contribution in [0.25, 0.3) is 0 Å². The first-order chi connectivity index (χ1) is 12.0. The first kappa shape index (κ1) is 18.2. The van der Waals surface area contributed by atoms with Crippen molar-refractivity contribution < 1.29 is 9.18 Å². The largest absolute Gasteiger partial charge is 0.352 e. The van der Waals surface area contributed by atoms with Crippen molar-refractivity contribution in [2.45, 2.75) is 37.9 Å². The molecule has 1 saturated carbocycles. The minimum absolute atomic E-state index is 0.0213. The molecule has 0 saturated heterocycles. The van der Waals surface area contributed by atoms with Crippen molar-refractivity contribution in [2.75, 3.05) is 0 Å². The Kier molecular flexibility index (Phi) is 5.62. The molecule has 2 aromatic carbocycles. The first-order valence-electron chi connectivity index (χ1n) is 8.21. The quantitative estimate of drug-likeness (QED) is 0.706. The Balaban J connectivity index is 1.84. The van der Waals surface area contributed by atoms with Crippen LogP contribution < -0.4 is 10.6 Å². The molecule has 132 valence electrons. The SMILES string of the molecule is C[C@@H](N[C@H](C(=O)NC1CC1)c1ccccc1)c1cc(F)c(Cl)cc1Cl. The second-order valence-electron chi connectivity index (χ2n) is 6.30. The Morgan fingerprint density at radius 3 is 2.48 bits per heavy atom. The van der Waals surface area contributed by atoms with E-state index in [1.54, 1.807) is 0 Å². The van der Waals surface area contributed by atoms with E-state index in [4.69, 9.17) is 23.2 Å². The molecule has 0 aliphatic heterocycles. The van der Waals surface area contributed by atoms with Crippen molar-refractivity contribution >= 4 is 29.1 Å². The number of carbonyl (C=O) groups is 1. The molecule has 0 aromatic heterocycles. The van der Waals surface area contributed by atoms with Gasteiger partial charge >= 0.3 is 0 Å². The summed E-state index contributed by atoms with van der Waals surface area (Å²) in [5, 5.41) is 6.62. The molecule has 2 N–H and O–H groups in total. The lowest BCUT2D eigenvalue weighted by Gasteiger charge is -2.24. The fraction of sp³-hybridized carbons (Fsp3) is 0.316. The average Bonchev–Trinajstić information content (AvgIpc) is 3.40. The molecule has 0 radical (unpaired) electrons. The first-order valence-corrected chi connectivity index (χ1v) is 8.97. The van der Waals surface area contributed by atoms with Crippen LogP contribution in [0.15, 0.2) is 42.5 Å². The van der Waals surface area contributed by atoms with Gasteiger partial charge in [-0.25, -0.2) is 4.39 Å². The highest BCUT2D eigenvalue weighted by atomic mass is 35.5. The number of amides is 1. The van der Waals surface area contributed by atoms with Crippen LogP contribution >= 0.6 is 23.2 Å². The zero-order chi connectivity index (χ0) is 18.0. The van der Waals surface area contributed by atoms with Gasteiger partial charge in [0, 0.05) is 17.1 Å². The summed E-state index contributed by atoms with van der Waals surface area (Å²) in [6.07, 6.45) is 2.02. The van der Waals surface area contributed by atoms with Crippen LogP contribution in [0.2, 0.25) is 10.0 Å². The van der Waals surface area contributed by atoms with Gasteiger partial charge in [-0.3, -0.25) is 10.1 Å². The molecule has 1 aliphatic carbocycles. The van der Waals surface area contributed by atoms with Crippen LogP contribution in [0.4, 0.5) is 4.39 Å². The maximum absolute atomic E-state index is 13.8. The number of hydrogen-bond acceptors (Lipinski definition) is 2. The number of nitrogens with one attached hydrogen (secondary N) is 2. The molecule has 0 spiro atoms. The van der Waals surface area contributed by atoms with Crippen LogP contribution in [-0.2, 0) is 4.79 Å². The van der Waals surface area contributed by atoms with Crippen molar-refractivity contribution in [1.29, 1.82) is 0 Å². The van der Waals surface area contributed by atoms with Crippen LogP contribution in [0.1, 0.15) is 43.0 Å². The maximum atomic E-state index is 13.8. The Morgan fingerprint density at radius 1 is 1.16 bits per heavy atom. The molecule has 1 amide bonds. The predicted octanol–water partition coefficient (Wildman–Crippen LogP) is 4.80. The molecule has 0 bridgehead atoms. The van der Waals surface area contributed by atoms with Gasteiger partial charge in [0.15, 0.2) is 0 Å². The Hall–Kier alpha value is -1.62. The summed E-state index contributed by atoms with van der Waals surface area (Å²) in [7, 11) is 0. The smallest absolute Gasteiger partial charge is 0.241 e. The summed E-state index contributed by atoms with van der Waals surface area (Å²) in [6.45, 7) is 1.84. The zero-order valence-corrected chi connectivity index (χ0v) is 15.2. The third kappa shape index (κ3) is 4.51. The molecule has 0 heterocycles. The van der Waals surface area contributed by atoms with Crippen LogP contribution in [0, 0.1) is 5.82 Å². The van der Waals surface area contributed by atoms with E-state index in [2.05, 4.69) is 10.6 Å². The molecule has 1 aliphatic rings. The summed E-state index contributed by atoms with van der Waals surface area (Å²) >= 11 is 12.0. The normalized spacial score (nSPS) is 16.3. The number of rotatable bonds is 6. The molecule has 1 fully saturated rings. The predicted molar refractivity (Wildman–Crippen MR) is 98.3 cm³/mol. The lowest BCUT2D eigenvalue weighted by atomic mass is 10.0. The van der Waals surface area contributed by atoms with E-state index in [1.807, 2.05) is 37.3 Å². The highest BCUT2D eigenvalue weighted by Gasteiger charge is 2.29. The second-order valence-corrected chi connectivity index (χ2v) is 7.12. The molecule has 25 heavy (non-hydrogen) atoms. The Labute approximate surface area is 156 Å². The second kappa shape index (κ2) is 7.73. The van der Waals surface area contributed by atoms with E-state index in [0.29, 0.717) is 10.6 Å². The van der Waals surface area contributed by atoms with Gasteiger partial charge in [0.1, 0.15) is 11.9 Å². The van der Waals surface area contributed by atoms with Crippen LogP contribution in [0.3, 0.4) is 0 Å². The summed E-state index contributed by atoms with van der Waals surface area (Å²) < 4.78 is 13.8. The standard InChI is InChI=1S/C19H19Cl2FN2O/c1-11(14-9-17(22)16(21)10-15(14)20)23-18(12-5-3-2-4-6-12)19(25)24-13-7-8-13/h2-6,9-11,13,18,23H,7-8H2,1H3,(H,24,25)/t11-,18+/m1/s1. The van der Waals surface area contributed by atoms with Gasteiger partial charge < -0.3 is 5.32 Å². The minimum Gasteiger partial charge on any atom is -0.352 e. The van der Waals surface area contributed by atoms with E-state index < -0.39 is 11.9 Å². The number of hydrogen-bond donors (Lipinski definition) is 2. The van der Waals surface area contributed by atoms with Gasteiger partial charge in [-0.1, -0.05) is 53.5 Å². The highest BCUT2D eigenvalue weighted by molar-refractivity contribution is 6.35. The third-order valence-corrected chi connectivity index (χ3v) is 4.86. The van der Waals surface area contributed by atoms with Gasteiger partial charge in [0.25, 0.3) is 0 Å². The van der Waals surface area contributed by atoms with E-state index in [0.717, 1.165) is 18.4 Å². The average molecular weight is 381 g/mol. The fourth-order valence-corrected chi connectivity index (χ4v) is 3.24. The van der Waals surface area contributed by atoms with Gasteiger partial charge in [-0.05, 0) is 43.0 Å². The molecule has 3 nitrogen and oxygen atoms in total. The lowest BCUT2D eigenvalue weighted by Crippen LogP contribution is -2.39. The molecule has 0 unspecified atom stereocenters. The summed E-state index contributed by atoms with van der Waals surface area (Å²) in [4.78, 5) is 12.7. The van der Waals surface area contributed by atoms with Gasteiger partial charge in [0.05, 0.1) is 5.02 Å². The molecule has 3 rings (SSSR count). The number of halogens is 3. The Morgan fingerprint density at radius 2 is 1.84 bits per heavy atom. The Bertz CT molecular complexity index is 766. The van der Waals surface area contributed by atoms with Gasteiger partial charge in [-0.15, -0.1) is 0 Å². The van der Waals surface area contributed by atoms with Crippen LogP contribution in [0.5, 0.6) is 0 Å². The van der Waals surface area contributed by atoms with Crippen molar-refractivity contribution in [3.63, 3.8) is 0 Å². The van der Waals surface area contributed by atoms with Gasteiger partial charge in [0.2, 0.25) is 5.91 Å². The number of benzene rings is 2. The molecular weight excluding hydrogens is 362 g/mol. The fourth-order valence-electron chi connectivity index (χ4n) is 2.69. The maximum Gasteiger partial charge on any atom is 0.241 e. The monoisotopic (exact) mass is 380 g/mol. The molecule has 2 atom stereocenters. The van der Waals surface area contributed by atoms with E-state index in [1.165, 1.54) is 12.1 Å². The summed E-state index contributed by atoms with van der Waals surface area (Å²) in [5.41, 5.74) is 1.40. The molecule has 6 heteroatoms. The molecule has 2 aromatic rings. The summed E-state index contributed by atoms with van der Waals surface area (Å²) in [6, 6.07) is 11.5. The lowest BCUT2D eigenvalue weighted by molar-refractivity contribution is -0.123. The topological polar surface area (TPSA) is 41.1 Å². The van der Waals surface area contributed by atoms with Crippen LogP contribution in [-0.4, -0.2) is 11.9 Å².